The van der Waals surface area contributed by atoms with Gasteiger partial charge in [0.1, 0.15) is 5.82 Å². The lowest BCUT2D eigenvalue weighted by atomic mass is 10.2. The number of hydrogen-bond acceptors (Lipinski definition) is 2. The molecule has 0 bridgehead atoms. The normalized spacial score (nSPS) is 10.1. The lowest BCUT2D eigenvalue weighted by Crippen LogP contribution is -2.30. The van der Waals surface area contributed by atoms with Gasteiger partial charge in [0.2, 0.25) is 5.91 Å². The van der Waals surface area contributed by atoms with E-state index in [4.69, 9.17) is 5.11 Å². The minimum Gasteiger partial charge on any atom is -0.481 e. The van der Waals surface area contributed by atoms with Gasteiger partial charge in [-0.25, -0.2) is 4.39 Å². The van der Waals surface area contributed by atoms with Crippen LogP contribution in [-0.2, 0) is 16.1 Å². The van der Waals surface area contributed by atoms with Crippen LogP contribution in [0.5, 0.6) is 0 Å². The molecule has 1 rings (SSSR count). The van der Waals surface area contributed by atoms with Gasteiger partial charge in [-0.1, -0.05) is 18.2 Å². The molecule has 0 saturated heterocycles. The zero-order chi connectivity index (χ0) is 13.5. The highest BCUT2D eigenvalue weighted by atomic mass is 19.1. The largest absolute Gasteiger partial charge is 0.481 e. The summed E-state index contributed by atoms with van der Waals surface area (Å²) in [6.07, 6.45) is -0.260. The highest BCUT2D eigenvalue weighted by Gasteiger charge is 2.14. The van der Waals surface area contributed by atoms with Crippen molar-refractivity contribution >= 4 is 11.9 Å². The van der Waals surface area contributed by atoms with Gasteiger partial charge in [-0.05, 0) is 13.0 Å². The van der Waals surface area contributed by atoms with E-state index in [1.165, 1.54) is 11.0 Å². The third kappa shape index (κ3) is 4.16. The van der Waals surface area contributed by atoms with Crippen molar-refractivity contribution < 1.29 is 19.1 Å². The van der Waals surface area contributed by atoms with E-state index in [2.05, 4.69) is 0 Å². The molecule has 1 amide bonds. The molecule has 0 saturated carbocycles. The molecule has 0 aromatic heterocycles. The van der Waals surface area contributed by atoms with Crippen LogP contribution in [0.25, 0.3) is 0 Å². The summed E-state index contributed by atoms with van der Waals surface area (Å²) in [6.45, 7) is 2.37. The number of carbonyl (C=O) groups is 2. The van der Waals surface area contributed by atoms with Gasteiger partial charge < -0.3 is 10.0 Å². The third-order valence-electron chi connectivity index (χ3n) is 2.61. The molecule has 18 heavy (non-hydrogen) atoms. The number of carbonyl (C=O) groups excluding carboxylic acids is 1. The fourth-order valence-electron chi connectivity index (χ4n) is 1.58. The first-order valence-electron chi connectivity index (χ1n) is 5.77. The Hall–Kier alpha value is -1.91. The number of rotatable bonds is 6. The smallest absolute Gasteiger partial charge is 0.303 e. The third-order valence-corrected chi connectivity index (χ3v) is 2.61. The molecule has 5 heteroatoms. The van der Waals surface area contributed by atoms with Crippen LogP contribution in [0.15, 0.2) is 24.3 Å². The number of halogens is 1. The minimum atomic E-state index is -1.01. The Balaban J connectivity index is 2.64. The predicted molar refractivity (Wildman–Crippen MR) is 64.4 cm³/mol. The van der Waals surface area contributed by atoms with E-state index < -0.39 is 5.97 Å². The Bertz CT molecular complexity index is 434. The molecule has 0 heterocycles. The molecule has 0 spiro atoms. The molecule has 0 radical (unpaired) electrons. The van der Waals surface area contributed by atoms with Crippen molar-refractivity contribution in [1.29, 1.82) is 0 Å². The summed E-state index contributed by atoms with van der Waals surface area (Å²) in [5.74, 6) is -1.64. The van der Waals surface area contributed by atoms with Crippen LogP contribution in [0.2, 0.25) is 0 Å². The first-order valence-corrected chi connectivity index (χ1v) is 5.77. The fraction of sp³-hybridized carbons (Fsp3) is 0.385. The summed E-state index contributed by atoms with van der Waals surface area (Å²) >= 11 is 0. The fourth-order valence-corrected chi connectivity index (χ4v) is 1.58. The Morgan fingerprint density at radius 2 is 1.94 bits per heavy atom. The van der Waals surface area contributed by atoms with Crippen LogP contribution in [-0.4, -0.2) is 28.4 Å². The second kappa shape index (κ2) is 6.74. The van der Waals surface area contributed by atoms with Crippen molar-refractivity contribution in [2.45, 2.75) is 26.3 Å². The van der Waals surface area contributed by atoms with Crippen molar-refractivity contribution in [2.24, 2.45) is 0 Å². The first kappa shape index (κ1) is 14.2. The van der Waals surface area contributed by atoms with Gasteiger partial charge in [0.25, 0.3) is 0 Å². The number of aliphatic carboxylic acids is 1. The van der Waals surface area contributed by atoms with Gasteiger partial charge in [0, 0.05) is 25.1 Å². The first-order chi connectivity index (χ1) is 8.54. The van der Waals surface area contributed by atoms with Crippen LogP contribution in [0, 0.1) is 5.82 Å². The molecule has 1 N–H and O–H groups in total. The zero-order valence-electron chi connectivity index (χ0n) is 10.2. The lowest BCUT2D eigenvalue weighted by molar-refractivity contribution is -0.141. The Kier molecular flexibility index (Phi) is 5.30. The van der Waals surface area contributed by atoms with Gasteiger partial charge in [-0.2, -0.15) is 0 Å². The number of carboxylic acid groups (broad SMARTS) is 1. The van der Waals surface area contributed by atoms with E-state index in [1.807, 2.05) is 0 Å². The lowest BCUT2D eigenvalue weighted by Gasteiger charge is -2.21. The number of hydrogen-bond donors (Lipinski definition) is 1. The highest BCUT2D eigenvalue weighted by molar-refractivity contribution is 5.80. The maximum Gasteiger partial charge on any atom is 0.303 e. The van der Waals surface area contributed by atoms with E-state index >= 15 is 0 Å². The summed E-state index contributed by atoms with van der Waals surface area (Å²) in [5.41, 5.74) is 0.433. The monoisotopic (exact) mass is 253 g/mol. The zero-order valence-corrected chi connectivity index (χ0v) is 10.2. The number of carboxylic acids is 1. The number of amides is 1. The van der Waals surface area contributed by atoms with Crippen LogP contribution in [0.4, 0.5) is 4.39 Å². The van der Waals surface area contributed by atoms with Crippen molar-refractivity contribution in [2.75, 3.05) is 6.54 Å². The number of benzene rings is 1. The van der Waals surface area contributed by atoms with E-state index in [-0.39, 0.29) is 31.1 Å². The van der Waals surface area contributed by atoms with Gasteiger partial charge in [-0.15, -0.1) is 0 Å². The van der Waals surface area contributed by atoms with E-state index in [9.17, 15) is 14.0 Å². The van der Waals surface area contributed by atoms with Crippen LogP contribution in [0.3, 0.4) is 0 Å². The van der Waals surface area contributed by atoms with Crippen molar-refractivity contribution in [3.05, 3.63) is 35.6 Å². The maximum absolute atomic E-state index is 13.4. The van der Waals surface area contributed by atoms with Gasteiger partial charge >= 0.3 is 5.97 Å². The molecule has 4 nitrogen and oxygen atoms in total. The Morgan fingerprint density at radius 3 is 2.50 bits per heavy atom. The molecule has 0 fully saturated rings. The number of nitrogens with zero attached hydrogens (tertiary/aromatic N) is 1. The second-order valence-corrected chi connectivity index (χ2v) is 3.89. The van der Waals surface area contributed by atoms with Gasteiger partial charge in [0.15, 0.2) is 0 Å². The summed E-state index contributed by atoms with van der Waals surface area (Å²) in [5, 5.41) is 8.52. The molecule has 0 atom stereocenters. The van der Waals surface area contributed by atoms with E-state index in [0.29, 0.717) is 12.1 Å². The van der Waals surface area contributed by atoms with Crippen LogP contribution in [0.1, 0.15) is 25.3 Å². The molecular formula is C13H16FNO3. The van der Waals surface area contributed by atoms with Gasteiger partial charge in [-0.3, -0.25) is 9.59 Å². The summed E-state index contributed by atoms with van der Waals surface area (Å²) in [6, 6.07) is 6.24. The van der Waals surface area contributed by atoms with Crippen LogP contribution >= 0.6 is 0 Å². The van der Waals surface area contributed by atoms with Gasteiger partial charge in [0.05, 0.1) is 6.42 Å². The standard InChI is InChI=1S/C13H16FNO3/c1-2-15(12(16)7-8-13(17)18)9-10-5-3-4-6-11(10)14/h3-6H,2,7-9H2,1H3,(H,17,18). The molecule has 0 unspecified atom stereocenters. The Morgan fingerprint density at radius 1 is 1.28 bits per heavy atom. The molecule has 1 aromatic carbocycles. The van der Waals surface area contributed by atoms with Crippen molar-refractivity contribution in [1.82, 2.24) is 4.90 Å². The van der Waals surface area contributed by atoms with E-state index in [0.717, 1.165) is 0 Å². The average molecular weight is 253 g/mol. The minimum absolute atomic E-state index is 0.0579. The molecule has 0 aliphatic rings. The molecule has 0 aliphatic carbocycles. The maximum atomic E-state index is 13.4. The SMILES string of the molecule is CCN(Cc1ccccc1F)C(=O)CCC(=O)O. The molecular weight excluding hydrogens is 237 g/mol. The predicted octanol–water partition coefficient (Wildman–Crippen LogP) is 2.04. The molecule has 1 aromatic rings. The summed E-state index contributed by atoms with van der Waals surface area (Å²) < 4.78 is 13.4. The second-order valence-electron chi connectivity index (χ2n) is 3.89. The quantitative estimate of drug-likeness (QED) is 0.844. The van der Waals surface area contributed by atoms with E-state index in [1.54, 1.807) is 25.1 Å². The van der Waals surface area contributed by atoms with Crippen molar-refractivity contribution in [3.63, 3.8) is 0 Å². The topological polar surface area (TPSA) is 57.6 Å². The highest BCUT2D eigenvalue weighted by Crippen LogP contribution is 2.11. The summed E-state index contributed by atoms with van der Waals surface area (Å²) in [7, 11) is 0. The molecule has 0 aliphatic heterocycles. The molecule has 98 valence electrons. The van der Waals surface area contributed by atoms with Crippen molar-refractivity contribution in [3.8, 4) is 0 Å². The average Bonchev–Trinajstić information content (AvgIpc) is 2.35. The van der Waals surface area contributed by atoms with Crippen LogP contribution < -0.4 is 0 Å². The summed E-state index contributed by atoms with van der Waals surface area (Å²) in [4.78, 5) is 23.6. The Labute approximate surface area is 105 Å².